The number of nitrogens with one attached hydrogen (secondary N) is 1. The highest BCUT2D eigenvalue weighted by atomic mass is 16.2. The fourth-order valence-corrected chi connectivity index (χ4v) is 3.52. The molecule has 2 aliphatic heterocycles. The highest BCUT2D eigenvalue weighted by Crippen LogP contribution is 2.30. The molecule has 1 N–H and O–H groups in total. The van der Waals surface area contributed by atoms with Crippen LogP contribution >= 0.6 is 0 Å². The van der Waals surface area contributed by atoms with Crippen LogP contribution in [0.5, 0.6) is 0 Å². The average molecular weight is 347 g/mol. The van der Waals surface area contributed by atoms with E-state index in [0.29, 0.717) is 18.4 Å². The summed E-state index contributed by atoms with van der Waals surface area (Å²) in [7, 11) is 0. The van der Waals surface area contributed by atoms with Crippen molar-refractivity contribution in [1.82, 2.24) is 5.43 Å². The number of carbonyl (C=O) groups is 2. The molecular formula is C21H21N3O2. The van der Waals surface area contributed by atoms with Crippen molar-refractivity contribution in [2.24, 2.45) is 5.10 Å². The van der Waals surface area contributed by atoms with Crippen molar-refractivity contribution in [3.8, 4) is 0 Å². The molecule has 0 aromatic heterocycles. The summed E-state index contributed by atoms with van der Waals surface area (Å²) in [5, 5.41) is 4.18. The first kappa shape index (κ1) is 16.5. The fourth-order valence-electron chi connectivity index (χ4n) is 3.52. The lowest BCUT2D eigenvalue weighted by Crippen LogP contribution is -2.35. The smallest absolute Gasteiger partial charge is 0.258 e. The predicted octanol–water partition coefficient (Wildman–Crippen LogP) is 3.20. The molecule has 26 heavy (non-hydrogen) atoms. The first-order chi connectivity index (χ1) is 12.6. The van der Waals surface area contributed by atoms with Crippen LogP contribution in [0, 0.1) is 6.92 Å². The van der Waals surface area contributed by atoms with Crippen molar-refractivity contribution in [3.63, 3.8) is 0 Å². The molecule has 2 amide bonds. The van der Waals surface area contributed by atoms with E-state index in [-0.39, 0.29) is 11.8 Å². The zero-order valence-corrected chi connectivity index (χ0v) is 14.8. The molecule has 0 fully saturated rings. The van der Waals surface area contributed by atoms with Crippen molar-refractivity contribution < 1.29 is 9.59 Å². The minimum Gasteiger partial charge on any atom is -0.308 e. The van der Waals surface area contributed by atoms with Gasteiger partial charge in [0.15, 0.2) is 0 Å². The Morgan fingerprint density at radius 2 is 1.88 bits per heavy atom. The summed E-state index contributed by atoms with van der Waals surface area (Å²) in [6.07, 6.45) is 3.00. The second-order valence-electron chi connectivity index (χ2n) is 6.86. The van der Waals surface area contributed by atoms with E-state index >= 15 is 0 Å². The number of benzene rings is 2. The standard InChI is InChI=1S/C21H21N3O2/c1-14-4-6-15(7-5-14)21(26)24-12-2-3-17-13-16(8-10-19(17)24)18-9-11-20(25)23-22-18/h4-8,10,13H,2-3,9,11-12H2,1H3,(H,23,25). The topological polar surface area (TPSA) is 61.8 Å². The first-order valence-electron chi connectivity index (χ1n) is 8.99. The van der Waals surface area contributed by atoms with Gasteiger partial charge in [-0.25, -0.2) is 5.43 Å². The Hall–Kier alpha value is -2.95. The van der Waals surface area contributed by atoms with Gasteiger partial charge in [0.05, 0.1) is 5.71 Å². The largest absolute Gasteiger partial charge is 0.308 e. The van der Waals surface area contributed by atoms with Crippen molar-refractivity contribution in [2.75, 3.05) is 11.4 Å². The van der Waals surface area contributed by atoms with E-state index in [1.54, 1.807) is 0 Å². The van der Waals surface area contributed by atoms with Crippen LogP contribution in [0.25, 0.3) is 0 Å². The number of anilines is 1. The zero-order chi connectivity index (χ0) is 18.1. The van der Waals surface area contributed by atoms with Crippen LogP contribution in [0.1, 0.15) is 46.3 Å². The van der Waals surface area contributed by atoms with Crippen LogP contribution in [0.15, 0.2) is 47.6 Å². The molecule has 0 atom stereocenters. The van der Waals surface area contributed by atoms with Gasteiger partial charge in [-0.3, -0.25) is 9.59 Å². The van der Waals surface area contributed by atoms with E-state index in [1.165, 1.54) is 0 Å². The molecule has 4 rings (SSSR count). The average Bonchev–Trinajstić information content (AvgIpc) is 2.68. The molecule has 2 heterocycles. The van der Waals surface area contributed by atoms with Gasteiger partial charge in [-0.1, -0.05) is 23.8 Å². The molecule has 0 spiro atoms. The Balaban J connectivity index is 1.63. The van der Waals surface area contributed by atoms with Gasteiger partial charge in [0, 0.05) is 30.6 Å². The molecule has 2 aromatic carbocycles. The normalized spacial score (nSPS) is 16.6. The zero-order valence-electron chi connectivity index (χ0n) is 14.8. The minimum atomic E-state index is -0.0402. The molecule has 0 aliphatic carbocycles. The molecule has 2 aliphatic rings. The summed E-state index contributed by atoms with van der Waals surface area (Å²) in [5.41, 5.74) is 8.46. The van der Waals surface area contributed by atoms with Gasteiger partial charge < -0.3 is 4.90 Å². The van der Waals surface area contributed by atoms with Crippen molar-refractivity contribution in [2.45, 2.75) is 32.6 Å². The van der Waals surface area contributed by atoms with Crippen LogP contribution in [0.4, 0.5) is 5.69 Å². The van der Waals surface area contributed by atoms with Crippen LogP contribution in [0.3, 0.4) is 0 Å². The Bertz CT molecular complexity index is 900. The Morgan fingerprint density at radius 3 is 2.62 bits per heavy atom. The molecule has 0 saturated heterocycles. The second-order valence-corrected chi connectivity index (χ2v) is 6.86. The van der Waals surface area contributed by atoms with Crippen LogP contribution in [-0.2, 0) is 11.2 Å². The summed E-state index contributed by atoms with van der Waals surface area (Å²) >= 11 is 0. The molecule has 0 unspecified atom stereocenters. The number of nitrogens with zero attached hydrogens (tertiary/aromatic N) is 2. The maximum Gasteiger partial charge on any atom is 0.258 e. The quantitative estimate of drug-likeness (QED) is 0.907. The predicted molar refractivity (Wildman–Crippen MR) is 102 cm³/mol. The summed E-state index contributed by atoms with van der Waals surface area (Å²) in [4.78, 5) is 26.1. The Kier molecular flexibility index (Phi) is 4.29. The van der Waals surface area contributed by atoms with E-state index < -0.39 is 0 Å². The third-order valence-corrected chi connectivity index (χ3v) is 4.98. The van der Waals surface area contributed by atoms with E-state index in [1.807, 2.05) is 48.2 Å². The summed E-state index contributed by atoms with van der Waals surface area (Å²) < 4.78 is 0. The molecule has 0 radical (unpaired) electrons. The van der Waals surface area contributed by atoms with E-state index in [4.69, 9.17) is 0 Å². The molecule has 132 valence electrons. The monoisotopic (exact) mass is 347 g/mol. The maximum atomic E-state index is 13.0. The number of carbonyl (C=O) groups excluding carboxylic acids is 2. The minimum absolute atomic E-state index is 0.0402. The van der Waals surface area contributed by atoms with E-state index in [9.17, 15) is 9.59 Å². The lowest BCUT2D eigenvalue weighted by Gasteiger charge is -2.30. The van der Waals surface area contributed by atoms with Crippen LogP contribution in [-0.4, -0.2) is 24.1 Å². The number of rotatable bonds is 2. The van der Waals surface area contributed by atoms with Gasteiger partial charge >= 0.3 is 0 Å². The number of aryl methyl sites for hydroxylation is 2. The molecule has 0 saturated carbocycles. The summed E-state index contributed by atoms with van der Waals surface area (Å²) in [6.45, 7) is 2.75. The lowest BCUT2D eigenvalue weighted by molar-refractivity contribution is -0.121. The number of hydrazone groups is 1. The summed E-state index contributed by atoms with van der Waals surface area (Å²) in [5.74, 6) is 0.00236. The molecule has 5 heteroatoms. The Morgan fingerprint density at radius 1 is 1.08 bits per heavy atom. The number of fused-ring (bicyclic) bond motifs is 1. The van der Waals surface area contributed by atoms with Crippen LogP contribution < -0.4 is 10.3 Å². The second kappa shape index (κ2) is 6.75. The molecule has 2 aromatic rings. The fraction of sp³-hybridized carbons (Fsp3) is 0.286. The lowest BCUT2D eigenvalue weighted by atomic mass is 9.95. The van der Waals surface area contributed by atoms with E-state index in [0.717, 1.165) is 47.5 Å². The maximum absolute atomic E-state index is 13.0. The third-order valence-electron chi connectivity index (χ3n) is 4.98. The van der Waals surface area contributed by atoms with Gasteiger partial charge in [-0.05, 0) is 55.2 Å². The molecular weight excluding hydrogens is 326 g/mol. The highest BCUT2D eigenvalue weighted by Gasteiger charge is 2.24. The summed E-state index contributed by atoms with van der Waals surface area (Å²) in [6, 6.07) is 13.8. The number of hydrogen-bond donors (Lipinski definition) is 1. The van der Waals surface area contributed by atoms with Gasteiger partial charge in [-0.2, -0.15) is 5.10 Å². The highest BCUT2D eigenvalue weighted by molar-refractivity contribution is 6.08. The first-order valence-corrected chi connectivity index (χ1v) is 8.99. The van der Waals surface area contributed by atoms with Gasteiger partial charge in [0.1, 0.15) is 0 Å². The number of amides is 2. The van der Waals surface area contributed by atoms with Crippen LogP contribution in [0.2, 0.25) is 0 Å². The van der Waals surface area contributed by atoms with Gasteiger partial charge in [0.25, 0.3) is 5.91 Å². The van der Waals surface area contributed by atoms with Crippen molar-refractivity contribution >= 4 is 23.2 Å². The third kappa shape index (κ3) is 3.12. The van der Waals surface area contributed by atoms with Crippen molar-refractivity contribution in [3.05, 3.63) is 64.7 Å². The molecule has 5 nitrogen and oxygen atoms in total. The van der Waals surface area contributed by atoms with Gasteiger partial charge in [-0.15, -0.1) is 0 Å². The number of hydrogen-bond acceptors (Lipinski definition) is 3. The van der Waals surface area contributed by atoms with Gasteiger partial charge in [0.2, 0.25) is 5.91 Å². The Labute approximate surface area is 152 Å². The van der Waals surface area contributed by atoms with Crippen molar-refractivity contribution in [1.29, 1.82) is 0 Å². The van der Waals surface area contributed by atoms with E-state index in [2.05, 4.69) is 16.6 Å². The molecule has 0 bridgehead atoms. The SMILES string of the molecule is Cc1ccc(C(=O)N2CCCc3cc(C4=NNC(=O)CC4)ccc32)cc1.